The molecule has 0 unspecified atom stereocenters. The molecule has 1 heterocycles. The third-order valence-corrected chi connectivity index (χ3v) is 7.30. The molecule has 0 aliphatic rings. The topological polar surface area (TPSA) is 64.8 Å². The van der Waals surface area contributed by atoms with Gasteiger partial charge in [0.15, 0.2) is 20.8 Å². The number of benzene rings is 2. The molecular weight excluding hydrogens is 446 g/mol. The number of halogens is 1. The summed E-state index contributed by atoms with van der Waals surface area (Å²) in [5, 5.41) is 9.20. The second-order valence-electron chi connectivity index (χ2n) is 5.69. The summed E-state index contributed by atoms with van der Waals surface area (Å²) in [4.78, 5) is 0.323. The van der Waals surface area contributed by atoms with Crippen LogP contribution < -0.4 is 0 Å². The van der Waals surface area contributed by atoms with Crippen LogP contribution in [0.2, 0.25) is 0 Å². The van der Waals surface area contributed by atoms with Crippen molar-refractivity contribution in [1.29, 1.82) is 0 Å². The summed E-state index contributed by atoms with van der Waals surface area (Å²) in [7, 11) is -3.34. The van der Waals surface area contributed by atoms with Crippen molar-refractivity contribution in [2.75, 3.05) is 11.5 Å². The van der Waals surface area contributed by atoms with Crippen LogP contribution in [0.5, 0.6) is 0 Å². The number of hydrogen-bond donors (Lipinski definition) is 0. The molecule has 3 rings (SSSR count). The Balaban J connectivity index is 1.73. The minimum atomic E-state index is -3.34. The van der Waals surface area contributed by atoms with E-state index in [0.717, 1.165) is 15.9 Å². The maximum absolute atomic E-state index is 12.5. The van der Waals surface area contributed by atoms with Gasteiger partial charge in [0.05, 0.1) is 10.6 Å². The average Bonchev–Trinajstić information content (AvgIpc) is 3.06. The third-order valence-electron chi connectivity index (χ3n) is 3.82. The first-order chi connectivity index (χ1) is 13.0. The Morgan fingerprint density at radius 1 is 1.07 bits per heavy atom. The smallest absolute Gasteiger partial charge is 0.191 e. The van der Waals surface area contributed by atoms with Crippen molar-refractivity contribution in [1.82, 2.24) is 14.8 Å². The third kappa shape index (κ3) is 4.88. The lowest BCUT2D eigenvalue weighted by atomic mass is 10.2. The second kappa shape index (κ2) is 8.86. The van der Waals surface area contributed by atoms with Crippen LogP contribution in [0.15, 0.2) is 81.8 Å². The quantitative estimate of drug-likeness (QED) is 0.364. The maximum Gasteiger partial charge on any atom is 0.191 e. The summed E-state index contributed by atoms with van der Waals surface area (Å²) in [5.74, 6) is 1.16. The molecule has 2 aromatic carbocycles. The number of nitrogens with zero attached hydrogens (tertiary/aromatic N) is 3. The molecule has 0 radical (unpaired) electrons. The highest BCUT2D eigenvalue weighted by molar-refractivity contribution is 9.10. The average molecular weight is 464 g/mol. The molecule has 5 nitrogen and oxygen atoms in total. The van der Waals surface area contributed by atoms with E-state index in [9.17, 15) is 8.42 Å². The van der Waals surface area contributed by atoms with E-state index >= 15 is 0 Å². The predicted molar refractivity (Wildman–Crippen MR) is 113 cm³/mol. The molecule has 0 bridgehead atoms. The number of sulfone groups is 1. The van der Waals surface area contributed by atoms with Gasteiger partial charge in [0.1, 0.15) is 0 Å². The van der Waals surface area contributed by atoms with E-state index in [4.69, 9.17) is 0 Å². The minimum absolute atomic E-state index is 0.0287. The van der Waals surface area contributed by atoms with E-state index in [0.29, 0.717) is 22.3 Å². The molecule has 140 valence electrons. The molecule has 0 amide bonds. The van der Waals surface area contributed by atoms with Crippen molar-refractivity contribution in [3.05, 3.63) is 71.7 Å². The number of aromatic nitrogens is 3. The van der Waals surface area contributed by atoms with Crippen molar-refractivity contribution < 1.29 is 8.42 Å². The molecule has 0 spiro atoms. The Kier molecular flexibility index (Phi) is 6.51. The van der Waals surface area contributed by atoms with Crippen LogP contribution in [0, 0.1) is 0 Å². The first-order valence-electron chi connectivity index (χ1n) is 8.22. The molecule has 0 aliphatic heterocycles. The van der Waals surface area contributed by atoms with Crippen LogP contribution in [0.1, 0.15) is 0 Å². The van der Waals surface area contributed by atoms with E-state index < -0.39 is 9.84 Å². The van der Waals surface area contributed by atoms with Crippen molar-refractivity contribution in [2.24, 2.45) is 0 Å². The number of allylic oxidation sites excluding steroid dienone is 1. The van der Waals surface area contributed by atoms with E-state index in [2.05, 4.69) is 32.7 Å². The molecule has 0 saturated heterocycles. The van der Waals surface area contributed by atoms with Gasteiger partial charge in [-0.3, -0.25) is 4.57 Å². The number of hydrogen-bond acceptors (Lipinski definition) is 5. The van der Waals surface area contributed by atoms with Crippen LogP contribution in [0.4, 0.5) is 0 Å². The zero-order valence-corrected chi connectivity index (χ0v) is 17.7. The monoisotopic (exact) mass is 463 g/mol. The Morgan fingerprint density at radius 3 is 2.44 bits per heavy atom. The van der Waals surface area contributed by atoms with Crippen molar-refractivity contribution in [2.45, 2.75) is 16.6 Å². The Hall–Kier alpha value is -1.90. The molecule has 1 aromatic heterocycles. The summed E-state index contributed by atoms with van der Waals surface area (Å²) in [6.45, 7) is 4.35. The van der Waals surface area contributed by atoms with Gasteiger partial charge in [-0.05, 0) is 24.3 Å². The van der Waals surface area contributed by atoms with Crippen molar-refractivity contribution in [3.63, 3.8) is 0 Å². The maximum atomic E-state index is 12.5. The molecule has 8 heteroatoms. The molecule has 0 atom stereocenters. The number of thioether (sulfide) groups is 1. The van der Waals surface area contributed by atoms with Crippen LogP contribution in [-0.4, -0.2) is 34.7 Å². The van der Waals surface area contributed by atoms with Gasteiger partial charge in [0.25, 0.3) is 0 Å². The Labute approximate surface area is 171 Å². The zero-order chi connectivity index (χ0) is 19.3. The van der Waals surface area contributed by atoms with Gasteiger partial charge in [-0.2, -0.15) is 0 Å². The molecule has 0 N–H and O–H groups in total. The first-order valence-corrected chi connectivity index (χ1v) is 11.6. The van der Waals surface area contributed by atoms with Crippen LogP contribution in [-0.2, 0) is 16.4 Å². The molecular formula is C19H18BrN3O2S2. The van der Waals surface area contributed by atoms with E-state index in [-0.39, 0.29) is 5.75 Å². The normalized spacial score (nSPS) is 11.4. The van der Waals surface area contributed by atoms with Gasteiger partial charge in [-0.15, -0.1) is 16.8 Å². The van der Waals surface area contributed by atoms with Gasteiger partial charge < -0.3 is 0 Å². The summed E-state index contributed by atoms with van der Waals surface area (Å²) in [6.07, 6.45) is 1.78. The summed E-state index contributed by atoms with van der Waals surface area (Å²) >= 11 is 4.69. The number of rotatable bonds is 8. The molecule has 0 saturated carbocycles. The highest BCUT2D eigenvalue weighted by atomic mass is 79.9. The molecule has 3 aromatic rings. The summed E-state index contributed by atoms with van der Waals surface area (Å²) < 4.78 is 27.8. The Bertz CT molecular complexity index is 1020. The lowest BCUT2D eigenvalue weighted by Crippen LogP contribution is -2.09. The van der Waals surface area contributed by atoms with E-state index in [1.807, 2.05) is 34.9 Å². The lowest BCUT2D eigenvalue weighted by molar-refractivity contribution is 0.597. The fourth-order valence-corrected chi connectivity index (χ4v) is 5.35. The standard InChI is InChI=1S/C19H18BrN3O2S2/c1-2-12-23-18(15-6-4-3-5-7-15)21-22-19(23)26-13-14-27(24,25)17-10-8-16(20)9-11-17/h2-11H,1,12-14H2. The van der Waals surface area contributed by atoms with Gasteiger partial charge >= 0.3 is 0 Å². The van der Waals surface area contributed by atoms with Crippen molar-refractivity contribution >= 4 is 37.5 Å². The first kappa shape index (κ1) is 19.9. The largest absolute Gasteiger partial charge is 0.298 e. The SMILES string of the molecule is C=CCn1c(SCCS(=O)(=O)c2ccc(Br)cc2)nnc1-c1ccccc1. The molecule has 0 aliphatic carbocycles. The van der Waals surface area contributed by atoms with E-state index in [1.165, 1.54) is 11.8 Å². The zero-order valence-electron chi connectivity index (χ0n) is 14.5. The summed E-state index contributed by atoms with van der Waals surface area (Å²) in [6, 6.07) is 16.4. The molecule has 27 heavy (non-hydrogen) atoms. The predicted octanol–water partition coefficient (Wildman–Crippen LogP) is 4.46. The van der Waals surface area contributed by atoms with Crippen LogP contribution in [0.3, 0.4) is 0 Å². The lowest BCUT2D eigenvalue weighted by Gasteiger charge is -2.08. The fraction of sp³-hybridized carbons (Fsp3) is 0.158. The van der Waals surface area contributed by atoms with Gasteiger partial charge in [0, 0.05) is 22.3 Å². The van der Waals surface area contributed by atoms with Crippen LogP contribution in [0.25, 0.3) is 11.4 Å². The highest BCUT2D eigenvalue weighted by Crippen LogP contribution is 2.25. The van der Waals surface area contributed by atoms with Gasteiger partial charge in [0.2, 0.25) is 0 Å². The van der Waals surface area contributed by atoms with Gasteiger partial charge in [-0.25, -0.2) is 8.42 Å². The summed E-state index contributed by atoms with van der Waals surface area (Å²) in [5.41, 5.74) is 0.959. The Morgan fingerprint density at radius 2 is 1.78 bits per heavy atom. The second-order valence-corrected chi connectivity index (χ2v) is 9.78. The van der Waals surface area contributed by atoms with Crippen molar-refractivity contribution in [3.8, 4) is 11.4 Å². The molecule has 0 fully saturated rings. The minimum Gasteiger partial charge on any atom is -0.298 e. The fourth-order valence-electron chi connectivity index (χ4n) is 2.49. The highest BCUT2D eigenvalue weighted by Gasteiger charge is 2.17. The van der Waals surface area contributed by atoms with Gasteiger partial charge in [-0.1, -0.05) is 64.1 Å². The van der Waals surface area contributed by atoms with Crippen LogP contribution >= 0.6 is 27.7 Å². The van der Waals surface area contributed by atoms with E-state index in [1.54, 1.807) is 30.3 Å².